The first-order valence-corrected chi connectivity index (χ1v) is 7.27. The topological polar surface area (TPSA) is 89.3 Å². The van der Waals surface area contributed by atoms with Gasteiger partial charge in [-0.1, -0.05) is 6.92 Å². The van der Waals surface area contributed by atoms with E-state index < -0.39 is 0 Å². The Labute approximate surface area is 116 Å². The van der Waals surface area contributed by atoms with Gasteiger partial charge in [0, 0.05) is 26.1 Å². The molecule has 2 unspecified atom stereocenters. The second kappa shape index (κ2) is 6.21. The Morgan fingerprint density at radius 3 is 3.11 bits per heavy atom. The number of carbonyl (C=O) groups excluding carboxylic acids is 1. The molecule has 0 spiro atoms. The third-order valence-corrected chi connectivity index (χ3v) is 4.27. The molecule has 0 radical (unpaired) electrons. The van der Waals surface area contributed by atoms with E-state index in [1.807, 2.05) is 0 Å². The molecule has 2 atom stereocenters. The average molecular weight is 284 g/mol. The summed E-state index contributed by atoms with van der Waals surface area (Å²) in [7, 11) is 1.58. The minimum absolute atomic E-state index is 0.205. The molecule has 0 bridgehead atoms. The van der Waals surface area contributed by atoms with Gasteiger partial charge in [0.05, 0.1) is 6.10 Å². The smallest absolute Gasteiger partial charge is 0.257 e. The number of nitrogens with one attached hydrogen (secondary N) is 2. The number of nitrogens with zero attached hydrogens (tertiary/aromatic N) is 1. The highest BCUT2D eigenvalue weighted by molar-refractivity contribution is 7.11. The predicted molar refractivity (Wildman–Crippen MR) is 76.5 cm³/mol. The molecule has 7 heteroatoms. The van der Waals surface area contributed by atoms with Crippen molar-refractivity contribution < 1.29 is 9.53 Å². The summed E-state index contributed by atoms with van der Waals surface area (Å²) in [6, 6.07) is 0. The van der Waals surface area contributed by atoms with Crippen molar-refractivity contribution in [1.29, 1.82) is 0 Å². The van der Waals surface area contributed by atoms with Crippen molar-refractivity contribution in [3.63, 3.8) is 0 Å². The predicted octanol–water partition coefficient (Wildman–Crippen LogP) is 1.31. The highest BCUT2D eigenvalue weighted by atomic mass is 32.1. The highest BCUT2D eigenvalue weighted by Gasteiger charge is 2.27. The van der Waals surface area contributed by atoms with Crippen LogP contribution in [0.3, 0.4) is 0 Å². The summed E-state index contributed by atoms with van der Waals surface area (Å²) in [5.74, 6) is 0.552. The fraction of sp³-hybridized carbons (Fsp3) is 0.667. The van der Waals surface area contributed by atoms with Gasteiger partial charge in [-0.15, -0.1) is 0 Å². The number of hydrogen-bond donors (Lipinski definition) is 3. The maximum Gasteiger partial charge on any atom is 0.257 e. The molecule has 1 aromatic rings. The number of amides is 1. The van der Waals surface area contributed by atoms with Crippen LogP contribution in [0.2, 0.25) is 0 Å². The molecule has 1 aromatic heterocycles. The maximum absolute atomic E-state index is 11.7. The van der Waals surface area contributed by atoms with Gasteiger partial charge in [0.1, 0.15) is 10.6 Å². The largest absolute Gasteiger partial charge is 0.382 e. The number of hydrogen-bond acceptors (Lipinski definition) is 6. The highest BCUT2D eigenvalue weighted by Crippen LogP contribution is 2.29. The average Bonchev–Trinajstić information content (AvgIpc) is 3.01. The first kappa shape index (κ1) is 14.1. The zero-order chi connectivity index (χ0) is 13.8. The Bertz CT molecular complexity index is 449. The summed E-state index contributed by atoms with van der Waals surface area (Å²) >= 11 is 1.22. The van der Waals surface area contributed by atoms with E-state index in [0.717, 1.165) is 31.0 Å². The normalized spacial score (nSPS) is 22.4. The van der Waals surface area contributed by atoms with E-state index >= 15 is 0 Å². The molecule has 6 nitrogen and oxygen atoms in total. The molecule has 4 N–H and O–H groups in total. The number of carbonyl (C=O) groups is 1. The summed E-state index contributed by atoms with van der Waals surface area (Å²) in [5.41, 5.74) is 6.17. The molecule has 0 aliphatic carbocycles. The van der Waals surface area contributed by atoms with Crippen molar-refractivity contribution in [2.45, 2.75) is 25.9 Å². The van der Waals surface area contributed by atoms with E-state index in [1.165, 1.54) is 11.5 Å². The van der Waals surface area contributed by atoms with Gasteiger partial charge in [-0.3, -0.25) is 4.79 Å². The summed E-state index contributed by atoms with van der Waals surface area (Å²) in [5, 5.41) is 6.61. The minimum atomic E-state index is -0.205. The van der Waals surface area contributed by atoms with Crippen LogP contribution in [0.1, 0.15) is 30.1 Å². The summed E-state index contributed by atoms with van der Waals surface area (Å²) in [6.45, 7) is 3.73. The Hall–Kier alpha value is -1.34. The molecule has 0 aromatic carbocycles. The van der Waals surface area contributed by atoms with E-state index in [9.17, 15) is 4.79 Å². The van der Waals surface area contributed by atoms with E-state index in [1.54, 1.807) is 7.05 Å². The SMILES string of the molecule is CCC1OCCC1CNc1snc(N)c1C(=O)NC. The molecule has 0 saturated carbocycles. The van der Waals surface area contributed by atoms with Crippen molar-refractivity contribution >= 4 is 28.3 Å². The van der Waals surface area contributed by atoms with Crippen LogP contribution >= 0.6 is 11.5 Å². The number of anilines is 2. The van der Waals surface area contributed by atoms with Crippen LogP contribution < -0.4 is 16.4 Å². The fourth-order valence-corrected chi connectivity index (χ4v) is 3.09. The number of nitrogens with two attached hydrogens (primary N) is 1. The fourth-order valence-electron chi connectivity index (χ4n) is 2.37. The summed E-state index contributed by atoms with van der Waals surface area (Å²) < 4.78 is 9.69. The molecule has 2 heterocycles. The maximum atomic E-state index is 11.7. The van der Waals surface area contributed by atoms with E-state index in [2.05, 4.69) is 21.9 Å². The Balaban J connectivity index is 2.02. The van der Waals surface area contributed by atoms with Crippen LogP contribution in [0.5, 0.6) is 0 Å². The third-order valence-electron chi connectivity index (χ3n) is 3.45. The molecule has 1 aliphatic heterocycles. The van der Waals surface area contributed by atoms with Crippen molar-refractivity contribution in [1.82, 2.24) is 9.69 Å². The van der Waals surface area contributed by atoms with Crippen molar-refractivity contribution in [3.05, 3.63) is 5.56 Å². The standard InChI is InChI=1S/C12H20N4O2S/c1-3-8-7(4-5-18-8)6-15-12-9(11(17)14-2)10(13)16-19-12/h7-8,15H,3-6H2,1-2H3,(H2,13,16)(H,14,17). The van der Waals surface area contributed by atoms with Gasteiger partial charge < -0.3 is 21.1 Å². The summed E-state index contributed by atoms with van der Waals surface area (Å²) in [6.07, 6.45) is 2.37. The zero-order valence-electron chi connectivity index (χ0n) is 11.2. The van der Waals surface area contributed by atoms with Crippen LogP contribution in [0.25, 0.3) is 0 Å². The van der Waals surface area contributed by atoms with Gasteiger partial charge in [-0.25, -0.2) is 0 Å². The van der Waals surface area contributed by atoms with Gasteiger partial charge in [0.25, 0.3) is 5.91 Å². The van der Waals surface area contributed by atoms with Crippen LogP contribution in [-0.2, 0) is 4.74 Å². The molecule has 1 fully saturated rings. The molecule has 2 rings (SSSR count). The van der Waals surface area contributed by atoms with Crippen LogP contribution in [0.4, 0.5) is 10.8 Å². The lowest BCUT2D eigenvalue weighted by Crippen LogP contribution is -2.24. The first-order valence-electron chi connectivity index (χ1n) is 6.50. The number of rotatable bonds is 5. The molecule has 1 saturated heterocycles. The Kier molecular flexibility index (Phi) is 4.60. The van der Waals surface area contributed by atoms with E-state index in [0.29, 0.717) is 17.6 Å². The van der Waals surface area contributed by atoms with Crippen molar-refractivity contribution in [2.75, 3.05) is 31.2 Å². The van der Waals surface area contributed by atoms with Crippen LogP contribution in [0.15, 0.2) is 0 Å². The van der Waals surface area contributed by atoms with Gasteiger partial charge in [0.2, 0.25) is 0 Å². The lowest BCUT2D eigenvalue weighted by molar-refractivity contribution is 0.0900. The second-order valence-electron chi connectivity index (χ2n) is 4.60. The molecule has 1 aliphatic rings. The number of ether oxygens (including phenoxy) is 1. The van der Waals surface area contributed by atoms with E-state index in [4.69, 9.17) is 10.5 Å². The second-order valence-corrected chi connectivity index (χ2v) is 5.37. The van der Waals surface area contributed by atoms with Gasteiger partial charge >= 0.3 is 0 Å². The quantitative estimate of drug-likeness (QED) is 0.758. The number of nitrogen functional groups attached to an aromatic ring is 1. The van der Waals surface area contributed by atoms with Gasteiger partial charge in [-0.2, -0.15) is 4.37 Å². The third kappa shape index (κ3) is 2.98. The Morgan fingerprint density at radius 2 is 2.42 bits per heavy atom. The first-order chi connectivity index (χ1) is 9.17. The lowest BCUT2D eigenvalue weighted by atomic mass is 10.00. The molecular weight excluding hydrogens is 264 g/mol. The molecule has 1 amide bonds. The monoisotopic (exact) mass is 284 g/mol. The Morgan fingerprint density at radius 1 is 1.63 bits per heavy atom. The molecule has 106 valence electrons. The van der Waals surface area contributed by atoms with E-state index in [-0.39, 0.29) is 11.7 Å². The van der Waals surface area contributed by atoms with Crippen molar-refractivity contribution in [3.8, 4) is 0 Å². The summed E-state index contributed by atoms with van der Waals surface area (Å²) in [4.78, 5) is 11.7. The van der Waals surface area contributed by atoms with Gasteiger partial charge in [-0.05, 0) is 24.4 Å². The van der Waals surface area contributed by atoms with Crippen LogP contribution in [-0.4, -0.2) is 36.6 Å². The molecule has 19 heavy (non-hydrogen) atoms. The van der Waals surface area contributed by atoms with Crippen molar-refractivity contribution in [2.24, 2.45) is 5.92 Å². The lowest BCUT2D eigenvalue weighted by Gasteiger charge is -2.17. The van der Waals surface area contributed by atoms with Gasteiger partial charge in [0.15, 0.2) is 5.82 Å². The molecular formula is C12H20N4O2S. The zero-order valence-corrected chi connectivity index (χ0v) is 12.0. The van der Waals surface area contributed by atoms with Crippen LogP contribution in [0, 0.1) is 5.92 Å². The minimum Gasteiger partial charge on any atom is -0.382 e. The number of aromatic nitrogens is 1.